The van der Waals surface area contributed by atoms with E-state index in [9.17, 15) is 4.79 Å². The highest BCUT2D eigenvalue weighted by atomic mass is 16.1. The van der Waals surface area contributed by atoms with Gasteiger partial charge in [-0.05, 0) is 12.8 Å². The Balaban J connectivity index is 2.09. The second-order valence-corrected chi connectivity index (χ2v) is 3.46. The molecule has 0 aliphatic heterocycles. The first-order valence-electron chi connectivity index (χ1n) is 4.78. The fourth-order valence-electron chi connectivity index (χ4n) is 1.64. The normalized spacial score (nSPS) is 19.4. The number of carbonyl (C=O) groups excluding carboxylic acids is 1. The van der Waals surface area contributed by atoms with E-state index in [0.717, 1.165) is 0 Å². The summed E-state index contributed by atoms with van der Waals surface area (Å²) in [5, 5.41) is 3.24. The maximum Gasteiger partial charge on any atom is 0.160 e. The molecule has 0 saturated heterocycles. The molecule has 0 spiro atoms. The van der Waals surface area contributed by atoms with Gasteiger partial charge in [-0.2, -0.15) is 0 Å². The summed E-state index contributed by atoms with van der Waals surface area (Å²) in [6.45, 7) is 0.626. The topological polar surface area (TPSA) is 55.1 Å². The minimum Gasteiger partial charge on any atom is -0.324 e. The summed E-state index contributed by atoms with van der Waals surface area (Å²) in [5.74, 6) is 0.112. The Morgan fingerprint density at radius 1 is 1.33 bits per heavy atom. The number of nitrogens with two attached hydrogens (primary N) is 1. The van der Waals surface area contributed by atoms with Gasteiger partial charge < -0.3 is 11.1 Å². The van der Waals surface area contributed by atoms with Crippen LogP contribution in [0.25, 0.3) is 0 Å². The van der Waals surface area contributed by atoms with Gasteiger partial charge in [0.2, 0.25) is 0 Å². The summed E-state index contributed by atoms with van der Waals surface area (Å²) in [5.41, 5.74) is 5.20. The predicted octanol–water partition coefficient (Wildman–Crippen LogP) is 0.436. The quantitative estimate of drug-likeness (QED) is 0.643. The lowest BCUT2D eigenvalue weighted by Gasteiger charge is -2.22. The van der Waals surface area contributed by atoms with Gasteiger partial charge in [0, 0.05) is 6.04 Å². The fourth-order valence-corrected chi connectivity index (χ4v) is 1.64. The van der Waals surface area contributed by atoms with Crippen LogP contribution in [0.1, 0.15) is 32.1 Å². The van der Waals surface area contributed by atoms with Crippen LogP contribution in [-0.2, 0) is 4.79 Å². The number of rotatable bonds is 4. The molecule has 1 rings (SSSR count). The smallest absolute Gasteiger partial charge is 0.160 e. The molecular weight excluding hydrogens is 152 g/mol. The predicted molar refractivity (Wildman–Crippen MR) is 48.9 cm³/mol. The summed E-state index contributed by atoms with van der Waals surface area (Å²) in [4.78, 5) is 10.9. The van der Waals surface area contributed by atoms with Crippen molar-refractivity contribution in [2.24, 2.45) is 5.73 Å². The van der Waals surface area contributed by atoms with Crippen molar-refractivity contribution in [1.29, 1.82) is 0 Å². The van der Waals surface area contributed by atoms with E-state index in [4.69, 9.17) is 5.73 Å². The molecule has 0 heterocycles. The zero-order valence-corrected chi connectivity index (χ0v) is 7.51. The van der Waals surface area contributed by atoms with Crippen molar-refractivity contribution in [1.82, 2.24) is 5.32 Å². The van der Waals surface area contributed by atoms with E-state index in [-0.39, 0.29) is 12.3 Å². The average Bonchev–Trinajstić information content (AvgIpc) is 2.16. The number of ketones is 1. The molecule has 1 aliphatic carbocycles. The second-order valence-electron chi connectivity index (χ2n) is 3.46. The fraction of sp³-hybridized carbons (Fsp3) is 0.889. The van der Waals surface area contributed by atoms with E-state index in [2.05, 4.69) is 5.32 Å². The Hall–Kier alpha value is -0.410. The van der Waals surface area contributed by atoms with Gasteiger partial charge in [-0.25, -0.2) is 0 Å². The number of hydrogen-bond donors (Lipinski definition) is 2. The maximum absolute atomic E-state index is 10.9. The molecule has 3 nitrogen and oxygen atoms in total. The molecule has 0 atom stereocenters. The molecule has 0 unspecified atom stereocenters. The van der Waals surface area contributed by atoms with Crippen molar-refractivity contribution in [3.63, 3.8) is 0 Å². The highest BCUT2D eigenvalue weighted by Crippen LogP contribution is 2.16. The minimum atomic E-state index is 0.112. The average molecular weight is 170 g/mol. The number of carbonyl (C=O) groups is 1. The second kappa shape index (κ2) is 5.27. The zero-order valence-electron chi connectivity index (χ0n) is 7.51. The zero-order chi connectivity index (χ0) is 8.81. The summed E-state index contributed by atoms with van der Waals surface area (Å²) in [6, 6.07) is 0.564. The van der Waals surface area contributed by atoms with Gasteiger partial charge in [-0.15, -0.1) is 0 Å². The van der Waals surface area contributed by atoms with Crippen LogP contribution in [-0.4, -0.2) is 24.9 Å². The van der Waals surface area contributed by atoms with Crippen LogP contribution < -0.4 is 11.1 Å². The molecule has 12 heavy (non-hydrogen) atoms. The molecule has 3 N–H and O–H groups in total. The van der Waals surface area contributed by atoms with Gasteiger partial charge in [0.25, 0.3) is 0 Å². The molecule has 1 aliphatic rings. The van der Waals surface area contributed by atoms with Gasteiger partial charge in [0.15, 0.2) is 5.78 Å². The number of nitrogens with one attached hydrogen (secondary N) is 1. The van der Waals surface area contributed by atoms with Crippen molar-refractivity contribution < 1.29 is 4.79 Å². The van der Waals surface area contributed by atoms with Crippen LogP contribution in [0.4, 0.5) is 0 Å². The molecular formula is C9H18N2O. The van der Waals surface area contributed by atoms with Crippen molar-refractivity contribution >= 4 is 5.78 Å². The minimum absolute atomic E-state index is 0.112. The monoisotopic (exact) mass is 170 g/mol. The summed E-state index contributed by atoms with van der Waals surface area (Å²) >= 11 is 0. The molecule has 1 fully saturated rings. The Labute approximate surface area is 73.7 Å². The summed E-state index contributed by atoms with van der Waals surface area (Å²) < 4.78 is 0. The van der Waals surface area contributed by atoms with Crippen molar-refractivity contribution in [3.8, 4) is 0 Å². The molecule has 0 aromatic heterocycles. The molecule has 70 valence electrons. The molecule has 0 aromatic rings. The van der Waals surface area contributed by atoms with Crippen LogP contribution in [0.2, 0.25) is 0 Å². The Morgan fingerprint density at radius 3 is 2.58 bits per heavy atom. The van der Waals surface area contributed by atoms with Crippen LogP contribution in [0, 0.1) is 0 Å². The Bertz CT molecular complexity index is 141. The van der Waals surface area contributed by atoms with E-state index in [0.29, 0.717) is 12.6 Å². The first kappa shape index (κ1) is 9.68. The lowest BCUT2D eigenvalue weighted by molar-refractivity contribution is -0.117. The highest BCUT2D eigenvalue weighted by molar-refractivity contribution is 5.82. The molecule has 0 amide bonds. The van der Waals surface area contributed by atoms with Crippen molar-refractivity contribution in [2.75, 3.05) is 13.1 Å². The number of hydrogen-bond acceptors (Lipinski definition) is 3. The van der Waals surface area contributed by atoms with Gasteiger partial charge in [0.05, 0.1) is 13.1 Å². The molecule has 0 bridgehead atoms. The lowest BCUT2D eigenvalue weighted by atomic mass is 9.95. The summed E-state index contributed by atoms with van der Waals surface area (Å²) in [7, 11) is 0. The highest BCUT2D eigenvalue weighted by Gasteiger charge is 2.12. The first-order valence-corrected chi connectivity index (χ1v) is 4.78. The van der Waals surface area contributed by atoms with Crippen LogP contribution in [0.15, 0.2) is 0 Å². The van der Waals surface area contributed by atoms with Crippen LogP contribution >= 0.6 is 0 Å². The van der Waals surface area contributed by atoms with E-state index >= 15 is 0 Å². The lowest BCUT2D eigenvalue weighted by Crippen LogP contribution is -2.37. The maximum atomic E-state index is 10.9. The van der Waals surface area contributed by atoms with Crippen molar-refractivity contribution in [3.05, 3.63) is 0 Å². The standard InChI is InChI=1S/C9H18N2O/c10-6-9(12)7-11-8-4-2-1-3-5-8/h8,11H,1-7,10H2. The molecule has 3 heteroatoms. The summed E-state index contributed by atoms with van der Waals surface area (Å²) in [6.07, 6.45) is 6.39. The third-order valence-corrected chi connectivity index (χ3v) is 2.42. The third kappa shape index (κ3) is 3.32. The Morgan fingerprint density at radius 2 is 2.00 bits per heavy atom. The van der Waals surface area contributed by atoms with Gasteiger partial charge in [-0.3, -0.25) is 4.79 Å². The van der Waals surface area contributed by atoms with E-state index in [1.165, 1.54) is 32.1 Å². The number of Topliss-reactive ketones (excluding diaryl/α,β-unsaturated/α-hetero) is 1. The first-order chi connectivity index (χ1) is 5.83. The molecule has 0 aromatic carbocycles. The SMILES string of the molecule is NCC(=O)CNC1CCCCC1. The van der Waals surface area contributed by atoms with E-state index in [1.807, 2.05) is 0 Å². The largest absolute Gasteiger partial charge is 0.324 e. The van der Waals surface area contributed by atoms with Crippen molar-refractivity contribution in [2.45, 2.75) is 38.1 Å². The van der Waals surface area contributed by atoms with Gasteiger partial charge in [-0.1, -0.05) is 19.3 Å². The Kier molecular flexibility index (Phi) is 4.25. The van der Waals surface area contributed by atoms with E-state index < -0.39 is 0 Å². The van der Waals surface area contributed by atoms with Gasteiger partial charge >= 0.3 is 0 Å². The van der Waals surface area contributed by atoms with Gasteiger partial charge in [0.1, 0.15) is 0 Å². The van der Waals surface area contributed by atoms with E-state index in [1.54, 1.807) is 0 Å². The van der Waals surface area contributed by atoms with Crippen LogP contribution in [0.3, 0.4) is 0 Å². The van der Waals surface area contributed by atoms with Crippen LogP contribution in [0.5, 0.6) is 0 Å². The third-order valence-electron chi connectivity index (χ3n) is 2.42. The molecule has 0 radical (unpaired) electrons. The molecule has 1 saturated carbocycles.